The van der Waals surface area contributed by atoms with Gasteiger partial charge in [-0.05, 0) is 24.3 Å². The fourth-order valence-electron chi connectivity index (χ4n) is 1.53. The molecule has 18 heavy (non-hydrogen) atoms. The summed E-state index contributed by atoms with van der Waals surface area (Å²) < 4.78 is 13.0. The fourth-order valence-corrected chi connectivity index (χ4v) is 1.53. The molecule has 0 aliphatic rings. The van der Waals surface area contributed by atoms with E-state index in [0.29, 0.717) is 5.35 Å². The summed E-state index contributed by atoms with van der Waals surface area (Å²) in [4.78, 5) is 3.09. The Labute approximate surface area is 106 Å². The molecule has 0 amide bonds. The molecule has 0 fully saturated rings. The van der Waals surface area contributed by atoms with Gasteiger partial charge in [0.15, 0.2) is 0 Å². The zero-order valence-electron chi connectivity index (χ0n) is 10.2. The first-order valence-corrected chi connectivity index (χ1v) is 5.46. The Bertz CT molecular complexity index is 627. The molecule has 0 aromatic carbocycles. The van der Waals surface area contributed by atoms with E-state index in [1.165, 1.54) is 6.08 Å². The van der Waals surface area contributed by atoms with Gasteiger partial charge in [-0.15, -0.1) is 0 Å². The lowest BCUT2D eigenvalue weighted by atomic mass is 10.1. The molecule has 2 heteroatoms. The van der Waals surface area contributed by atoms with Crippen molar-refractivity contribution in [3.8, 4) is 0 Å². The van der Waals surface area contributed by atoms with Crippen LogP contribution < -0.4 is 10.6 Å². The lowest BCUT2D eigenvalue weighted by Gasteiger charge is -1.90. The minimum absolute atomic E-state index is 0.394. The van der Waals surface area contributed by atoms with Gasteiger partial charge >= 0.3 is 0 Å². The molecule has 0 bridgehead atoms. The second kappa shape index (κ2) is 6.40. The van der Waals surface area contributed by atoms with Crippen molar-refractivity contribution in [1.82, 2.24) is 4.98 Å². The monoisotopic (exact) mass is 241 g/mol. The molecule has 0 aliphatic heterocycles. The highest BCUT2D eigenvalue weighted by atomic mass is 19.1. The normalized spacial score (nSPS) is 12.9. The molecular weight excluding hydrogens is 225 g/mol. The van der Waals surface area contributed by atoms with Gasteiger partial charge in [0.1, 0.15) is 5.83 Å². The maximum atomic E-state index is 13.0. The lowest BCUT2D eigenvalue weighted by Crippen LogP contribution is -2.21. The van der Waals surface area contributed by atoms with Crippen LogP contribution in [0, 0.1) is 0 Å². The summed E-state index contributed by atoms with van der Waals surface area (Å²) in [6.07, 6.45) is 11.2. The number of allylic oxidation sites excluding steroid dienone is 5. The van der Waals surface area contributed by atoms with Crippen LogP contribution in [0.5, 0.6) is 0 Å². The van der Waals surface area contributed by atoms with Crippen molar-refractivity contribution in [2.75, 3.05) is 0 Å². The maximum Gasteiger partial charge on any atom is 0.122 e. The minimum Gasteiger partial charge on any atom is -0.355 e. The Kier molecular flexibility index (Phi) is 4.88. The van der Waals surface area contributed by atoms with E-state index in [0.717, 1.165) is 22.6 Å². The third kappa shape index (κ3) is 3.08. The molecule has 1 nitrogen and oxygen atoms in total. The predicted octanol–water partition coefficient (Wildman–Crippen LogP) is 3.09. The van der Waals surface area contributed by atoms with Gasteiger partial charge in [0.2, 0.25) is 0 Å². The summed E-state index contributed by atoms with van der Waals surface area (Å²) in [6.45, 7) is 14.6. The summed E-state index contributed by atoms with van der Waals surface area (Å²) >= 11 is 0. The van der Waals surface area contributed by atoms with Crippen molar-refractivity contribution in [3.63, 3.8) is 0 Å². The van der Waals surface area contributed by atoms with E-state index in [2.05, 4.69) is 31.3 Å². The number of halogens is 1. The van der Waals surface area contributed by atoms with Crippen LogP contribution in [0.3, 0.4) is 0 Å². The van der Waals surface area contributed by atoms with Gasteiger partial charge in [-0.25, -0.2) is 4.39 Å². The molecule has 1 heterocycles. The zero-order valence-corrected chi connectivity index (χ0v) is 10.2. The predicted molar refractivity (Wildman–Crippen MR) is 78.7 cm³/mol. The lowest BCUT2D eigenvalue weighted by molar-refractivity contribution is 0.669. The molecule has 0 atom stereocenters. The second-order valence-electron chi connectivity index (χ2n) is 3.57. The van der Waals surface area contributed by atoms with Crippen molar-refractivity contribution >= 4 is 24.8 Å². The van der Waals surface area contributed by atoms with Gasteiger partial charge in [-0.2, -0.15) is 0 Å². The van der Waals surface area contributed by atoms with Crippen LogP contribution in [0.4, 0.5) is 4.39 Å². The van der Waals surface area contributed by atoms with E-state index in [-0.39, 0.29) is 0 Å². The van der Waals surface area contributed by atoms with Crippen molar-refractivity contribution < 1.29 is 4.39 Å². The highest BCUT2D eigenvalue weighted by Gasteiger charge is 2.01. The van der Waals surface area contributed by atoms with Gasteiger partial charge in [-0.1, -0.05) is 44.5 Å². The van der Waals surface area contributed by atoms with Crippen molar-refractivity contribution in [1.29, 1.82) is 0 Å². The van der Waals surface area contributed by atoms with Crippen LogP contribution in [0.25, 0.3) is 24.8 Å². The summed E-state index contributed by atoms with van der Waals surface area (Å²) in [5, 5.41) is 1.53. The number of nitrogens with one attached hydrogen (secondary N) is 1. The molecule has 1 aromatic heterocycles. The summed E-state index contributed by atoms with van der Waals surface area (Å²) in [5.41, 5.74) is 1.75. The standard InChI is InChI=1S/C16H16FN/c1-5-8-9-15-14(11-10-13(17)6-2)12(4)18-16(15)7-3/h5-11,18H,1-4H2/b9-8-,13-10+,14-11+. The van der Waals surface area contributed by atoms with Crippen LogP contribution >= 0.6 is 0 Å². The van der Waals surface area contributed by atoms with E-state index >= 15 is 0 Å². The highest BCUT2D eigenvalue weighted by molar-refractivity contribution is 5.65. The molecule has 0 unspecified atom stereocenters. The first-order chi connectivity index (χ1) is 8.63. The molecule has 0 saturated heterocycles. The molecule has 1 aromatic rings. The quantitative estimate of drug-likeness (QED) is 0.762. The van der Waals surface area contributed by atoms with Crippen molar-refractivity contribution in [3.05, 3.63) is 71.7 Å². The molecule has 1 rings (SSSR count). The topological polar surface area (TPSA) is 15.8 Å². The van der Waals surface area contributed by atoms with Crippen LogP contribution in [-0.2, 0) is 0 Å². The van der Waals surface area contributed by atoms with Gasteiger partial charge in [0.25, 0.3) is 0 Å². The second-order valence-corrected chi connectivity index (χ2v) is 3.57. The van der Waals surface area contributed by atoms with Crippen LogP contribution in [-0.4, -0.2) is 4.98 Å². The summed E-state index contributed by atoms with van der Waals surface area (Å²) in [7, 11) is 0. The third-order valence-electron chi connectivity index (χ3n) is 2.40. The molecule has 0 spiro atoms. The Balaban J connectivity index is 3.51. The molecular formula is C16H16FN. The smallest absolute Gasteiger partial charge is 0.122 e. The largest absolute Gasteiger partial charge is 0.355 e. The maximum absolute atomic E-state index is 13.0. The van der Waals surface area contributed by atoms with Crippen LogP contribution in [0.15, 0.2) is 49.9 Å². The van der Waals surface area contributed by atoms with Crippen molar-refractivity contribution in [2.24, 2.45) is 0 Å². The summed E-state index contributed by atoms with van der Waals surface area (Å²) in [5.74, 6) is -0.394. The van der Waals surface area contributed by atoms with Crippen molar-refractivity contribution in [2.45, 2.75) is 0 Å². The zero-order chi connectivity index (χ0) is 13.5. The number of aromatic nitrogens is 1. The SMILES string of the molecule is C=C/C=C\c1c(C=C)[nH]c(=C)/c1=C\C=C(\F)C=C. The number of aromatic amines is 1. The van der Waals surface area contributed by atoms with E-state index < -0.39 is 5.83 Å². The number of rotatable bonds is 5. The Morgan fingerprint density at radius 1 is 1.22 bits per heavy atom. The number of hydrogen-bond donors (Lipinski definition) is 1. The molecule has 0 aliphatic carbocycles. The Morgan fingerprint density at radius 2 is 1.94 bits per heavy atom. The molecule has 1 N–H and O–H groups in total. The minimum atomic E-state index is -0.394. The van der Waals surface area contributed by atoms with E-state index in [9.17, 15) is 4.39 Å². The van der Waals surface area contributed by atoms with E-state index in [1.807, 2.05) is 6.08 Å². The van der Waals surface area contributed by atoms with E-state index in [1.54, 1.807) is 24.3 Å². The first-order valence-electron chi connectivity index (χ1n) is 5.46. The third-order valence-corrected chi connectivity index (χ3v) is 2.40. The van der Waals surface area contributed by atoms with Gasteiger partial charge in [-0.3, -0.25) is 0 Å². The molecule has 0 saturated carbocycles. The highest BCUT2D eigenvalue weighted by Crippen LogP contribution is 2.04. The fraction of sp³-hybridized carbons (Fsp3) is 0. The average Bonchev–Trinajstić information content (AvgIpc) is 2.69. The number of H-pyrrole nitrogens is 1. The van der Waals surface area contributed by atoms with Crippen LogP contribution in [0.2, 0.25) is 0 Å². The summed E-state index contributed by atoms with van der Waals surface area (Å²) in [6, 6.07) is 0. The average molecular weight is 241 g/mol. The van der Waals surface area contributed by atoms with Gasteiger partial charge in [0, 0.05) is 21.8 Å². The Morgan fingerprint density at radius 3 is 2.50 bits per heavy atom. The van der Waals surface area contributed by atoms with E-state index in [4.69, 9.17) is 0 Å². The molecule has 0 radical (unpaired) electrons. The Hall–Kier alpha value is -2.35. The van der Waals surface area contributed by atoms with Gasteiger partial charge in [0.05, 0.1) is 0 Å². The molecule has 92 valence electrons. The first kappa shape index (κ1) is 13.7. The van der Waals surface area contributed by atoms with Crippen LogP contribution in [0.1, 0.15) is 11.3 Å². The van der Waals surface area contributed by atoms with Gasteiger partial charge < -0.3 is 4.98 Å². The number of hydrogen-bond acceptors (Lipinski definition) is 0.